The lowest BCUT2D eigenvalue weighted by Gasteiger charge is -2.17. The number of carbonyl (C=O) groups is 2. The summed E-state index contributed by atoms with van der Waals surface area (Å²) >= 11 is 5.70. The predicted molar refractivity (Wildman–Crippen MR) is 78.2 cm³/mol. The van der Waals surface area contributed by atoms with Crippen molar-refractivity contribution in [3.8, 4) is 0 Å². The number of hydrogen-bond acceptors (Lipinski definition) is 2. The van der Waals surface area contributed by atoms with Gasteiger partial charge in [0, 0.05) is 23.2 Å². The Labute approximate surface area is 125 Å². The summed E-state index contributed by atoms with van der Waals surface area (Å²) < 4.78 is 13.1. The van der Waals surface area contributed by atoms with Crippen LogP contribution in [0.15, 0.2) is 36.4 Å². The van der Waals surface area contributed by atoms with Crippen LogP contribution in [0.25, 0.3) is 0 Å². The van der Waals surface area contributed by atoms with E-state index in [0.717, 1.165) is 11.3 Å². The number of amides is 1. The molecule has 1 N–H and O–H groups in total. The molecule has 1 aliphatic rings. The van der Waals surface area contributed by atoms with Crippen molar-refractivity contribution < 1.29 is 14.0 Å². The fourth-order valence-electron chi connectivity index (χ4n) is 2.33. The summed E-state index contributed by atoms with van der Waals surface area (Å²) in [6.45, 7) is 0. The van der Waals surface area contributed by atoms with Crippen molar-refractivity contribution in [2.75, 3.05) is 5.32 Å². The third-order valence-corrected chi connectivity index (χ3v) is 3.73. The van der Waals surface area contributed by atoms with E-state index in [-0.39, 0.29) is 16.7 Å². The highest BCUT2D eigenvalue weighted by atomic mass is 35.5. The number of benzene rings is 2. The molecule has 2 aromatic carbocycles. The first-order chi connectivity index (χ1) is 10.0. The predicted octanol–water partition coefficient (Wildman–Crippen LogP) is 3.59. The molecule has 0 aliphatic carbocycles. The minimum absolute atomic E-state index is 0.0214. The molecule has 3 rings (SSSR count). The van der Waals surface area contributed by atoms with Crippen molar-refractivity contribution in [2.45, 2.75) is 12.8 Å². The van der Waals surface area contributed by atoms with E-state index in [2.05, 4.69) is 5.32 Å². The first kappa shape index (κ1) is 13.8. The van der Waals surface area contributed by atoms with Gasteiger partial charge in [-0.05, 0) is 48.4 Å². The number of fused-ring (bicyclic) bond motifs is 1. The molecular formula is C16H11ClFNO2. The van der Waals surface area contributed by atoms with Crippen LogP contribution < -0.4 is 5.32 Å². The third-order valence-electron chi connectivity index (χ3n) is 3.44. The van der Waals surface area contributed by atoms with Gasteiger partial charge in [0.05, 0.1) is 5.02 Å². The summed E-state index contributed by atoms with van der Waals surface area (Å²) in [5.74, 6) is -0.801. The normalized spacial score (nSPS) is 13.5. The van der Waals surface area contributed by atoms with Crippen molar-refractivity contribution in [1.29, 1.82) is 0 Å². The van der Waals surface area contributed by atoms with Crippen molar-refractivity contribution in [3.63, 3.8) is 0 Å². The Morgan fingerprint density at radius 1 is 1.10 bits per heavy atom. The molecular weight excluding hydrogens is 293 g/mol. The Bertz CT molecular complexity index is 758. The highest BCUT2D eigenvalue weighted by Gasteiger charge is 2.17. The zero-order valence-corrected chi connectivity index (χ0v) is 11.7. The van der Waals surface area contributed by atoms with Crippen LogP contribution in [0.5, 0.6) is 0 Å². The van der Waals surface area contributed by atoms with Gasteiger partial charge in [0.1, 0.15) is 5.82 Å². The molecule has 21 heavy (non-hydrogen) atoms. The SMILES string of the molecule is O=C1CCc2cc(C(=O)c3ccc(F)c(Cl)c3)ccc2N1. The second-order valence-electron chi connectivity index (χ2n) is 4.88. The maximum Gasteiger partial charge on any atom is 0.224 e. The Kier molecular flexibility index (Phi) is 3.47. The van der Waals surface area contributed by atoms with Gasteiger partial charge < -0.3 is 5.32 Å². The molecule has 0 aromatic heterocycles. The smallest absolute Gasteiger partial charge is 0.224 e. The van der Waals surface area contributed by atoms with Crippen LogP contribution in [0.4, 0.5) is 10.1 Å². The topological polar surface area (TPSA) is 46.2 Å². The molecule has 1 aliphatic heterocycles. The quantitative estimate of drug-likeness (QED) is 0.862. The first-order valence-corrected chi connectivity index (χ1v) is 6.85. The summed E-state index contributed by atoms with van der Waals surface area (Å²) in [5, 5.41) is 2.68. The number of carbonyl (C=O) groups excluding carboxylic acids is 2. The summed E-state index contributed by atoms with van der Waals surface area (Å²) in [6.07, 6.45) is 1.01. The Hall–Kier alpha value is -2.20. The minimum atomic E-state index is -0.554. The van der Waals surface area contributed by atoms with E-state index < -0.39 is 5.82 Å². The average molecular weight is 304 g/mol. The number of rotatable bonds is 2. The van der Waals surface area contributed by atoms with Crippen molar-refractivity contribution in [1.82, 2.24) is 0 Å². The summed E-state index contributed by atoms with van der Waals surface area (Å²) in [7, 11) is 0. The highest BCUT2D eigenvalue weighted by Crippen LogP contribution is 2.25. The molecule has 0 atom stereocenters. The Morgan fingerprint density at radius 2 is 1.81 bits per heavy atom. The van der Waals surface area contributed by atoms with Gasteiger partial charge in [-0.1, -0.05) is 11.6 Å². The zero-order valence-electron chi connectivity index (χ0n) is 11.0. The van der Waals surface area contributed by atoms with Crippen LogP contribution in [-0.2, 0) is 11.2 Å². The van der Waals surface area contributed by atoms with Gasteiger partial charge in [-0.2, -0.15) is 0 Å². The van der Waals surface area contributed by atoms with Crippen LogP contribution in [0, 0.1) is 5.82 Å². The molecule has 5 heteroatoms. The summed E-state index contributed by atoms with van der Waals surface area (Å²) in [6, 6.07) is 9.02. The molecule has 106 valence electrons. The maximum absolute atomic E-state index is 13.1. The van der Waals surface area contributed by atoms with Gasteiger partial charge >= 0.3 is 0 Å². The number of hydrogen-bond donors (Lipinski definition) is 1. The molecule has 3 nitrogen and oxygen atoms in total. The summed E-state index contributed by atoms with van der Waals surface area (Å²) in [4.78, 5) is 23.7. The minimum Gasteiger partial charge on any atom is -0.326 e. The molecule has 0 fully saturated rings. The van der Waals surface area contributed by atoms with Crippen LogP contribution in [0.2, 0.25) is 5.02 Å². The van der Waals surface area contributed by atoms with Crippen molar-refractivity contribution >= 4 is 29.0 Å². The molecule has 1 amide bonds. The van der Waals surface area contributed by atoms with Gasteiger partial charge in [-0.3, -0.25) is 9.59 Å². The standard InChI is InChI=1S/C16H11ClFNO2/c17-12-8-11(1-4-13(12)18)16(21)10-2-5-14-9(7-10)3-6-15(20)19-14/h1-2,4-5,7-8H,3,6H2,(H,19,20). The number of anilines is 1. The van der Waals surface area contributed by atoms with Gasteiger partial charge in [-0.25, -0.2) is 4.39 Å². The maximum atomic E-state index is 13.1. The van der Waals surface area contributed by atoms with E-state index in [4.69, 9.17) is 11.6 Å². The molecule has 1 heterocycles. The van der Waals surface area contributed by atoms with Crippen LogP contribution in [-0.4, -0.2) is 11.7 Å². The molecule has 0 bridgehead atoms. The fraction of sp³-hybridized carbons (Fsp3) is 0.125. The van der Waals surface area contributed by atoms with Crippen LogP contribution >= 0.6 is 11.6 Å². The summed E-state index contributed by atoms with van der Waals surface area (Å²) in [5.41, 5.74) is 2.49. The number of aryl methyl sites for hydroxylation is 1. The third kappa shape index (κ3) is 2.67. The molecule has 0 unspecified atom stereocenters. The van der Waals surface area contributed by atoms with Crippen molar-refractivity contribution in [2.24, 2.45) is 0 Å². The van der Waals surface area contributed by atoms with Crippen LogP contribution in [0.1, 0.15) is 27.9 Å². The second-order valence-corrected chi connectivity index (χ2v) is 5.29. The second kappa shape index (κ2) is 5.30. The zero-order chi connectivity index (χ0) is 15.0. The Morgan fingerprint density at radius 3 is 2.57 bits per heavy atom. The van der Waals surface area contributed by atoms with E-state index in [0.29, 0.717) is 24.0 Å². The molecule has 0 spiro atoms. The monoisotopic (exact) mass is 303 g/mol. The lowest BCUT2D eigenvalue weighted by molar-refractivity contribution is -0.116. The van der Waals surface area contributed by atoms with Gasteiger partial charge in [0.2, 0.25) is 5.91 Å². The number of halogens is 2. The van der Waals surface area contributed by atoms with Gasteiger partial charge in [0.15, 0.2) is 5.78 Å². The largest absolute Gasteiger partial charge is 0.326 e. The first-order valence-electron chi connectivity index (χ1n) is 6.47. The van der Waals surface area contributed by atoms with E-state index in [1.807, 2.05) is 0 Å². The molecule has 0 saturated heterocycles. The molecule has 0 radical (unpaired) electrons. The fourth-order valence-corrected chi connectivity index (χ4v) is 2.51. The number of ketones is 1. The van der Waals surface area contributed by atoms with Gasteiger partial charge in [-0.15, -0.1) is 0 Å². The Balaban J connectivity index is 1.95. The van der Waals surface area contributed by atoms with E-state index >= 15 is 0 Å². The highest BCUT2D eigenvalue weighted by molar-refractivity contribution is 6.31. The van der Waals surface area contributed by atoms with Crippen molar-refractivity contribution in [3.05, 3.63) is 63.9 Å². The van der Waals surface area contributed by atoms with Crippen LogP contribution in [0.3, 0.4) is 0 Å². The molecule has 2 aromatic rings. The van der Waals surface area contributed by atoms with E-state index in [1.54, 1.807) is 18.2 Å². The van der Waals surface area contributed by atoms with E-state index in [9.17, 15) is 14.0 Å². The number of nitrogens with one attached hydrogen (secondary N) is 1. The molecule has 0 saturated carbocycles. The lowest BCUT2D eigenvalue weighted by atomic mass is 9.96. The lowest BCUT2D eigenvalue weighted by Crippen LogP contribution is -2.19. The van der Waals surface area contributed by atoms with E-state index in [1.165, 1.54) is 18.2 Å². The van der Waals surface area contributed by atoms with Gasteiger partial charge in [0.25, 0.3) is 0 Å². The average Bonchev–Trinajstić information content (AvgIpc) is 2.49.